The highest BCUT2D eigenvalue weighted by atomic mass is 16.5. The first-order valence-electron chi connectivity index (χ1n) is 10.0. The van der Waals surface area contributed by atoms with Crippen molar-refractivity contribution >= 4 is 22.7 Å². The van der Waals surface area contributed by atoms with Crippen LogP contribution in [0.25, 0.3) is 22.6 Å². The Hall–Kier alpha value is -4.20. The van der Waals surface area contributed by atoms with Crippen molar-refractivity contribution in [2.45, 2.75) is 13.5 Å². The lowest BCUT2D eigenvalue weighted by molar-refractivity contribution is -0.121. The average molecular weight is 429 g/mol. The van der Waals surface area contributed by atoms with Crippen LogP contribution in [0.3, 0.4) is 0 Å². The number of aromatic nitrogens is 3. The topological polar surface area (TPSA) is 90.6 Å². The molecule has 2 aromatic carbocycles. The fourth-order valence-corrected chi connectivity index (χ4v) is 3.38. The van der Waals surface area contributed by atoms with E-state index in [4.69, 9.17) is 9.47 Å². The van der Waals surface area contributed by atoms with Crippen LogP contribution in [0.5, 0.6) is 11.5 Å². The monoisotopic (exact) mass is 429 g/mol. The van der Waals surface area contributed by atoms with Crippen LogP contribution in [0.1, 0.15) is 12.5 Å². The van der Waals surface area contributed by atoms with Crippen molar-refractivity contribution in [3.8, 4) is 23.0 Å². The third-order valence-electron chi connectivity index (χ3n) is 5.00. The molecule has 4 aromatic rings. The number of carbonyl (C=O) groups excluding carboxylic acids is 1. The van der Waals surface area contributed by atoms with Crippen molar-refractivity contribution in [3.63, 3.8) is 0 Å². The van der Waals surface area contributed by atoms with Crippen molar-refractivity contribution in [1.82, 2.24) is 20.0 Å². The molecule has 4 rings (SSSR count). The van der Waals surface area contributed by atoms with Gasteiger partial charge in [-0.25, -0.2) is 10.4 Å². The van der Waals surface area contributed by atoms with Crippen LogP contribution in [0, 0.1) is 0 Å². The summed E-state index contributed by atoms with van der Waals surface area (Å²) in [5, 5.41) is 4.26. The lowest BCUT2D eigenvalue weighted by Crippen LogP contribution is -2.24. The first kappa shape index (κ1) is 21.0. The summed E-state index contributed by atoms with van der Waals surface area (Å²) in [5.41, 5.74) is 6.43. The molecule has 2 heterocycles. The van der Waals surface area contributed by atoms with Gasteiger partial charge in [-0.3, -0.25) is 9.78 Å². The van der Waals surface area contributed by atoms with Crippen molar-refractivity contribution in [2.75, 3.05) is 14.2 Å². The molecule has 8 nitrogen and oxygen atoms in total. The summed E-state index contributed by atoms with van der Waals surface area (Å²) in [5.74, 6) is 1.57. The number of nitrogens with one attached hydrogen (secondary N) is 1. The Kier molecular flexibility index (Phi) is 6.12. The Balaban J connectivity index is 1.57. The van der Waals surface area contributed by atoms with Crippen LogP contribution >= 0.6 is 0 Å². The number of para-hydroxylation sites is 2. The molecule has 2 aromatic heterocycles. The van der Waals surface area contributed by atoms with Gasteiger partial charge in [-0.2, -0.15) is 5.10 Å². The molecular formula is C24H23N5O3. The minimum atomic E-state index is -0.273. The van der Waals surface area contributed by atoms with E-state index >= 15 is 0 Å². The van der Waals surface area contributed by atoms with Gasteiger partial charge >= 0.3 is 0 Å². The summed E-state index contributed by atoms with van der Waals surface area (Å²) < 4.78 is 12.4. The summed E-state index contributed by atoms with van der Waals surface area (Å²) in [6.07, 6.45) is 1.70. The van der Waals surface area contributed by atoms with Gasteiger partial charge in [-0.15, -0.1) is 0 Å². The number of methoxy groups -OCH3 is 2. The van der Waals surface area contributed by atoms with E-state index in [1.54, 1.807) is 26.5 Å². The molecule has 0 unspecified atom stereocenters. The van der Waals surface area contributed by atoms with Gasteiger partial charge in [0, 0.05) is 11.8 Å². The molecule has 1 amide bonds. The third kappa shape index (κ3) is 4.29. The molecule has 0 aliphatic rings. The zero-order valence-corrected chi connectivity index (χ0v) is 18.1. The molecule has 32 heavy (non-hydrogen) atoms. The Bertz CT molecular complexity index is 1280. The van der Waals surface area contributed by atoms with E-state index in [9.17, 15) is 4.79 Å². The Morgan fingerprint density at radius 2 is 1.81 bits per heavy atom. The van der Waals surface area contributed by atoms with E-state index in [0.717, 1.165) is 16.6 Å². The first-order valence-corrected chi connectivity index (χ1v) is 10.0. The third-order valence-corrected chi connectivity index (χ3v) is 5.00. The number of imidazole rings is 1. The molecule has 0 fully saturated rings. The predicted octanol–water partition coefficient (Wildman–Crippen LogP) is 3.66. The second-order valence-corrected chi connectivity index (χ2v) is 7.03. The number of benzene rings is 2. The number of pyridine rings is 1. The number of hydrogen-bond donors (Lipinski definition) is 1. The average Bonchev–Trinajstić information content (AvgIpc) is 3.20. The summed E-state index contributed by atoms with van der Waals surface area (Å²) in [6.45, 7) is 1.86. The van der Waals surface area contributed by atoms with Gasteiger partial charge in [0.05, 0.1) is 31.0 Å². The van der Waals surface area contributed by atoms with Crippen LogP contribution < -0.4 is 14.9 Å². The maximum atomic E-state index is 12.8. The number of carbonyl (C=O) groups is 1. The van der Waals surface area contributed by atoms with Gasteiger partial charge in [-0.05, 0) is 49.4 Å². The molecule has 1 N–H and O–H groups in total. The van der Waals surface area contributed by atoms with Crippen molar-refractivity contribution < 1.29 is 14.3 Å². The number of ether oxygens (including phenoxy) is 2. The van der Waals surface area contributed by atoms with Crippen molar-refractivity contribution in [1.29, 1.82) is 0 Å². The quantitative estimate of drug-likeness (QED) is 0.358. The smallest absolute Gasteiger partial charge is 0.260 e. The summed E-state index contributed by atoms with van der Waals surface area (Å²) in [7, 11) is 3.15. The van der Waals surface area contributed by atoms with Gasteiger partial charge in [0.1, 0.15) is 12.2 Å². The Labute approximate surface area is 185 Å². The van der Waals surface area contributed by atoms with E-state index in [-0.39, 0.29) is 12.5 Å². The molecule has 0 atom stereocenters. The number of hydrazone groups is 1. The van der Waals surface area contributed by atoms with Crippen molar-refractivity contribution in [2.24, 2.45) is 5.10 Å². The fraction of sp³-hybridized carbons (Fsp3) is 0.167. The summed E-state index contributed by atoms with van der Waals surface area (Å²) >= 11 is 0. The molecule has 0 radical (unpaired) electrons. The number of amides is 1. The first-order chi connectivity index (χ1) is 15.6. The van der Waals surface area contributed by atoms with E-state index in [0.29, 0.717) is 28.7 Å². The van der Waals surface area contributed by atoms with E-state index in [2.05, 4.69) is 20.5 Å². The minimum absolute atomic E-state index is 0.0507. The molecule has 0 bridgehead atoms. The molecule has 0 spiro atoms. The largest absolute Gasteiger partial charge is 0.493 e. The Morgan fingerprint density at radius 1 is 1.03 bits per heavy atom. The molecule has 0 saturated carbocycles. The second-order valence-electron chi connectivity index (χ2n) is 7.03. The number of fused-ring (bicyclic) bond motifs is 1. The van der Waals surface area contributed by atoms with Crippen LogP contribution in [0.15, 0.2) is 72.0 Å². The van der Waals surface area contributed by atoms with Gasteiger partial charge in [0.15, 0.2) is 17.3 Å². The zero-order valence-electron chi connectivity index (χ0n) is 18.1. The highest BCUT2D eigenvalue weighted by Gasteiger charge is 2.16. The lowest BCUT2D eigenvalue weighted by Gasteiger charge is -2.10. The highest BCUT2D eigenvalue weighted by Crippen LogP contribution is 2.28. The standard InChI is InChI=1S/C24H23N5O3/c1-16(17-11-12-21(31-2)22(14-17)32-3)27-28-23(30)15-29-20-10-5-4-8-18(20)26-24(29)19-9-6-7-13-25-19/h4-14H,15H2,1-3H3,(H,28,30). The summed E-state index contributed by atoms with van der Waals surface area (Å²) in [6, 6.07) is 18.7. The molecule has 0 aliphatic carbocycles. The van der Waals surface area contributed by atoms with Crippen molar-refractivity contribution in [3.05, 3.63) is 72.4 Å². The molecule has 8 heteroatoms. The number of rotatable bonds is 7. The van der Waals surface area contributed by atoms with E-state index in [1.165, 1.54) is 0 Å². The zero-order chi connectivity index (χ0) is 22.5. The lowest BCUT2D eigenvalue weighted by atomic mass is 10.1. The fourth-order valence-electron chi connectivity index (χ4n) is 3.38. The maximum absolute atomic E-state index is 12.8. The normalized spacial score (nSPS) is 11.4. The van der Waals surface area contributed by atoms with Gasteiger partial charge in [0.25, 0.3) is 5.91 Å². The van der Waals surface area contributed by atoms with Gasteiger partial charge in [-0.1, -0.05) is 18.2 Å². The maximum Gasteiger partial charge on any atom is 0.260 e. The number of hydrogen-bond acceptors (Lipinski definition) is 6. The number of nitrogens with zero attached hydrogens (tertiary/aromatic N) is 4. The second kappa shape index (κ2) is 9.30. The molecule has 0 aliphatic heterocycles. The molecule has 162 valence electrons. The summed E-state index contributed by atoms with van der Waals surface area (Å²) in [4.78, 5) is 21.8. The molecule has 0 saturated heterocycles. The highest BCUT2D eigenvalue weighted by molar-refractivity contribution is 5.99. The molecular weight excluding hydrogens is 406 g/mol. The van der Waals surface area contributed by atoms with E-state index in [1.807, 2.05) is 66.1 Å². The van der Waals surface area contributed by atoms with Crippen LogP contribution in [-0.2, 0) is 11.3 Å². The predicted molar refractivity (Wildman–Crippen MR) is 123 cm³/mol. The minimum Gasteiger partial charge on any atom is -0.493 e. The van der Waals surface area contributed by atoms with Gasteiger partial charge < -0.3 is 14.0 Å². The van der Waals surface area contributed by atoms with Crippen LogP contribution in [0.4, 0.5) is 0 Å². The Morgan fingerprint density at radius 3 is 2.56 bits per heavy atom. The van der Waals surface area contributed by atoms with Gasteiger partial charge in [0.2, 0.25) is 0 Å². The van der Waals surface area contributed by atoms with E-state index < -0.39 is 0 Å². The SMILES string of the molecule is COc1ccc(C(C)=NNC(=O)Cn2c(-c3ccccn3)nc3ccccc32)cc1OC. The van der Waals surface area contributed by atoms with Crippen LogP contribution in [0.2, 0.25) is 0 Å². The van der Waals surface area contributed by atoms with Crippen LogP contribution in [-0.4, -0.2) is 40.4 Å².